The minimum absolute atomic E-state index is 0. The van der Waals surface area contributed by atoms with Crippen molar-refractivity contribution in [3.63, 3.8) is 0 Å². The van der Waals surface area contributed by atoms with E-state index < -0.39 is 11.4 Å². The second-order valence-electron chi connectivity index (χ2n) is 10.0. The van der Waals surface area contributed by atoms with E-state index in [1.807, 2.05) is 38.1 Å². The smallest absolute Gasteiger partial charge is 0.311 e. The number of hydrogen-bond donors (Lipinski definition) is 1. The molecule has 0 aliphatic heterocycles. The third-order valence-corrected chi connectivity index (χ3v) is 7.30. The lowest BCUT2D eigenvalue weighted by Gasteiger charge is -2.30. The molecule has 0 aliphatic carbocycles. The SMILES string of the molecule is C.C.C.C.CCC(C)(CC(C)n1c2ccccc2c2ccccc21)C(=O)OCCOC(=O)Cc1cc(=O)n2[nH]cnc2n1. The predicted octanol–water partition coefficient (Wildman–Crippen LogP) is 6.77. The Hall–Kier alpha value is -4.47. The first-order chi connectivity index (χ1) is 18.8. The van der Waals surface area contributed by atoms with Crippen LogP contribution < -0.4 is 5.56 Å². The molecule has 0 spiro atoms. The molecule has 10 nitrogen and oxygen atoms in total. The lowest BCUT2D eigenvalue weighted by molar-refractivity contribution is -0.160. The van der Waals surface area contributed by atoms with Crippen molar-refractivity contribution in [2.24, 2.45) is 5.41 Å². The van der Waals surface area contributed by atoms with E-state index in [1.54, 1.807) is 0 Å². The number of hydrogen-bond acceptors (Lipinski definition) is 7. The van der Waals surface area contributed by atoms with Crippen molar-refractivity contribution in [1.82, 2.24) is 24.1 Å². The minimum atomic E-state index is -0.721. The molecule has 0 aliphatic rings. The van der Waals surface area contributed by atoms with Crippen LogP contribution in [0, 0.1) is 5.41 Å². The van der Waals surface area contributed by atoms with Gasteiger partial charge in [-0.3, -0.25) is 19.5 Å². The van der Waals surface area contributed by atoms with Crippen LogP contribution in [0.15, 0.2) is 65.7 Å². The van der Waals surface area contributed by atoms with E-state index in [2.05, 4.69) is 50.8 Å². The van der Waals surface area contributed by atoms with Crippen molar-refractivity contribution in [3.05, 3.63) is 77.0 Å². The second-order valence-corrected chi connectivity index (χ2v) is 10.0. The maximum absolute atomic E-state index is 13.2. The molecule has 1 N–H and O–H groups in total. The highest BCUT2D eigenvalue weighted by Crippen LogP contribution is 2.38. The number of benzene rings is 2. The van der Waals surface area contributed by atoms with Crippen LogP contribution in [0.2, 0.25) is 0 Å². The molecule has 2 aromatic carbocycles. The van der Waals surface area contributed by atoms with Crippen molar-refractivity contribution in [2.75, 3.05) is 13.2 Å². The first kappa shape index (κ1) is 36.6. The van der Waals surface area contributed by atoms with Crippen LogP contribution >= 0.6 is 0 Å². The molecule has 3 aromatic heterocycles. The summed E-state index contributed by atoms with van der Waals surface area (Å²) in [5.41, 5.74) is 1.43. The average molecular weight is 594 g/mol. The molecular formula is C33H47N5O5. The molecule has 0 saturated heterocycles. The van der Waals surface area contributed by atoms with Gasteiger partial charge >= 0.3 is 11.9 Å². The summed E-state index contributed by atoms with van der Waals surface area (Å²) in [4.78, 5) is 45.5. The number of nitrogens with one attached hydrogen (secondary N) is 1. The van der Waals surface area contributed by atoms with Gasteiger partial charge in [0.1, 0.15) is 19.5 Å². The molecular weight excluding hydrogens is 546 g/mol. The van der Waals surface area contributed by atoms with E-state index in [0.29, 0.717) is 12.8 Å². The highest BCUT2D eigenvalue weighted by atomic mass is 16.6. The monoisotopic (exact) mass is 593 g/mol. The fraction of sp³-hybridized carbons (Fsp3) is 0.424. The molecule has 0 amide bonds. The van der Waals surface area contributed by atoms with E-state index >= 15 is 0 Å². The largest absolute Gasteiger partial charge is 0.462 e. The third-order valence-electron chi connectivity index (χ3n) is 7.30. The van der Waals surface area contributed by atoms with E-state index in [9.17, 15) is 14.4 Å². The van der Waals surface area contributed by atoms with Crippen molar-refractivity contribution in [2.45, 2.75) is 75.8 Å². The Morgan fingerprint density at radius 1 is 0.953 bits per heavy atom. The maximum atomic E-state index is 13.2. The van der Waals surface area contributed by atoms with E-state index in [-0.39, 0.29) is 78.4 Å². The van der Waals surface area contributed by atoms with Gasteiger partial charge in [-0.05, 0) is 38.8 Å². The highest BCUT2D eigenvalue weighted by molar-refractivity contribution is 6.08. The molecule has 2 atom stereocenters. The molecule has 5 aromatic rings. The number of ether oxygens (including phenoxy) is 2. The molecule has 0 bridgehead atoms. The van der Waals surface area contributed by atoms with Crippen LogP contribution in [0.5, 0.6) is 0 Å². The van der Waals surface area contributed by atoms with Gasteiger partial charge in [0.05, 0.1) is 17.5 Å². The molecule has 0 saturated carbocycles. The zero-order valence-corrected chi connectivity index (χ0v) is 22.2. The Kier molecular flexibility index (Phi) is 12.9. The number of carbonyl (C=O) groups excluding carboxylic acids is 2. The van der Waals surface area contributed by atoms with E-state index in [4.69, 9.17) is 9.47 Å². The number of H-pyrrole nitrogens is 1. The van der Waals surface area contributed by atoms with Gasteiger partial charge in [0, 0.05) is 33.9 Å². The number of aromatic amines is 1. The summed E-state index contributed by atoms with van der Waals surface area (Å²) in [6, 6.07) is 17.9. The Morgan fingerprint density at radius 2 is 1.53 bits per heavy atom. The van der Waals surface area contributed by atoms with Gasteiger partial charge in [0.2, 0.25) is 0 Å². The molecule has 2 unspecified atom stereocenters. The number of fused-ring (bicyclic) bond motifs is 4. The first-order valence-corrected chi connectivity index (χ1v) is 13.0. The summed E-state index contributed by atoms with van der Waals surface area (Å²) in [6.07, 6.45) is 2.34. The van der Waals surface area contributed by atoms with E-state index in [1.165, 1.54) is 27.7 Å². The van der Waals surface area contributed by atoms with Crippen LogP contribution in [0.3, 0.4) is 0 Å². The summed E-state index contributed by atoms with van der Waals surface area (Å²) in [6.45, 7) is 5.88. The summed E-state index contributed by atoms with van der Waals surface area (Å²) in [5, 5.41) is 5.01. The van der Waals surface area contributed by atoms with Crippen molar-refractivity contribution in [3.8, 4) is 0 Å². The first-order valence-electron chi connectivity index (χ1n) is 13.0. The van der Waals surface area contributed by atoms with Crippen molar-refractivity contribution in [1.29, 1.82) is 0 Å². The maximum Gasteiger partial charge on any atom is 0.311 e. The normalized spacial score (nSPS) is 12.6. The zero-order valence-electron chi connectivity index (χ0n) is 22.2. The number of aromatic nitrogens is 5. The fourth-order valence-electron chi connectivity index (χ4n) is 5.17. The molecule has 10 heteroatoms. The summed E-state index contributed by atoms with van der Waals surface area (Å²) < 4.78 is 14.2. The number of esters is 2. The quantitative estimate of drug-likeness (QED) is 0.140. The Labute approximate surface area is 254 Å². The summed E-state index contributed by atoms with van der Waals surface area (Å²) in [7, 11) is 0. The van der Waals surface area contributed by atoms with Crippen molar-refractivity contribution < 1.29 is 19.1 Å². The number of para-hydroxylation sites is 2. The average Bonchev–Trinajstić information content (AvgIpc) is 3.54. The molecule has 5 rings (SSSR count). The standard InChI is InChI=1S/C29H31N5O5.4CH4/c1-4-29(3,17-19(2)33-23-11-7-5-9-21(23)22-10-6-8-12-24(22)33)27(37)39-14-13-38-26(36)16-20-15-25(35)34-28(32-20)30-18-31-34;;;;/h5-12,15,18-19H,4,13-14,16-17H2,1-3H3,(H,30,31,32);4*1H4. The minimum Gasteiger partial charge on any atom is -0.462 e. The highest BCUT2D eigenvalue weighted by Gasteiger charge is 2.35. The number of nitrogens with zero attached hydrogens (tertiary/aromatic N) is 4. The molecule has 43 heavy (non-hydrogen) atoms. The van der Waals surface area contributed by atoms with Gasteiger partial charge in [0.25, 0.3) is 11.3 Å². The van der Waals surface area contributed by atoms with Crippen molar-refractivity contribution >= 4 is 39.5 Å². The van der Waals surface area contributed by atoms with E-state index in [0.717, 1.165) is 11.0 Å². The van der Waals surface area contributed by atoms with Crippen LogP contribution in [-0.4, -0.2) is 49.3 Å². The Bertz CT molecular complexity index is 1670. The van der Waals surface area contributed by atoms with Gasteiger partial charge < -0.3 is 14.0 Å². The second kappa shape index (κ2) is 15.1. The van der Waals surface area contributed by atoms with Crippen LogP contribution in [0.25, 0.3) is 27.6 Å². The molecule has 0 radical (unpaired) electrons. The summed E-state index contributed by atoms with van der Waals surface area (Å²) >= 11 is 0. The molecule has 3 heterocycles. The zero-order chi connectivity index (χ0) is 27.6. The van der Waals surface area contributed by atoms with Crippen LogP contribution in [0.1, 0.15) is 75.1 Å². The third kappa shape index (κ3) is 7.31. The lowest BCUT2D eigenvalue weighted by Crippen LogP contribution is -2.32. The number of carbonyl (C=O) groups is 2. The molecule has 0 fully saturated rings. The molecule has 234 valence electrons. The Morgan fingerprint density at radius 3 is 2.14 bits per heavy atom. The topological polar surface area (TPSA) is 121 Å². The summed E-state index contributed by atoms with van der Waals surface area (Å²) in [5.74, 6) is -0.725. The lowest BCUT2D eigenvalue weighted by atomic mass is 9.81. The fourth-order valence-corrected chi connectivity index (χ4v) is 5.17. The predicted molar refractivity (Wildman–Crippen MR) is 173 cm³/mol. The van der Waals surface area contributed by atoms with Crippen LogP contribution in [-0.2, 0) is 25.5 Å². The number of rotatable bonds is 10. The van der Waals surface area contributed by atoms with Gasteiger partial charge in [-0.2, -0.15) is 4.52 Å². The van der Waals surface area contributed by atoms with Gasteiger partial charge in [-0.15, -0.1) is 0 Å². The van der Waals surface area contributed by atoms with Crippen LogP contribution in [0.4, 0.5) is 0 Å². The van der Waals surface area contributed by atoms with Gasteiger partial charge in [-0.25, -0.2) is 9.97 Å². The Balaban J connectivity index is 0.00000231. The van der Waals surface area contributed by atoms with Gasteiger partial charge in [0.15, 0.2) is 0 Å². The van der Waals surface area contributed by atoms with Gasteiger partial charge in [-0.1, -0.05) is 73.0 Å².